The molecule has 106 valence electrons. The molecule has 1 saturated carbocycles. The number of carbonyl (C=O) groups excluding carboxylic acids is 2. The highest BCUT2D eigenvalue weighted by atomic mass is 16.5. The van der Waals surface area contributed by atoms with Gasteiger partial charge in [-0.25, -0.2) is 0 Å². The van der Waals surface area contributed by atoms with E-state index in [1.165, 1.54) is 4.90 Å². The van der Waals surface area contributed by atoms with Crippen molar-refractivity contribution in [3.05, 3.63) is 0 Å². The molecule has 0 aromatic heterocycles. The second-order valence-corrected chi connectivity index (χ2v) is 5.37. The summed E-state index contributed by atoms with van der Waals surface area (Å²) in [5.74, 6) is -0.917. The summed E-state index contributed by atoms with van der Waals surface area (Å²) in [7, 11) is 0. The van der Waals surface area contributed by atoms with Gasteiger partial charge in [-0.15, -0.1) is 0 Å². The number of nitrogens with zero attached hydrogens (tertiary/aromatic N) is 1. The number of rotatable bonds is 6. The minimum atomic E-state index is -0.920. The van der Waals surface area contributed by atoms with E-state index in [9.17, 15) is 14.4 Å². The molecule has 1 saturated heterocycles. The lowest BCUT2D eigenvalue weighted by Gasteiger charge is -2.16. The summed E-state index contributed by atoms with van der Waals surface area (Å²) < 4.78 is 5.12. The van der Waals surface area contributed by atoms with Crippen molar-refractivity contribution in [3.63, 3.8) is 0 Å². The van der Waals surface area contributed by atoms with Gasteiger partial charge in [-0.05, 0) is 18.8 Å². The van der Waals surface area contributed by atoms with E-state index in [-0.39, 0.29) is 49.8 Å². The average molecular weight is 269 g/mol. The van der Waals surface area contributed by atoms with Crippen LogP contribution in [0.5, 0.6) is 0 Å². The Bertz CT molecular complexity index is 370. The van der Waals surface area contributed by atoms with Gasteiger partial charge >= 0.3 is 5.97 Å². The Hall–Kier alpha value is -1.43. The molecule has 0 aromatic rings. The topological polar surface area (TPSA) is 83.9 Å². The molecule has 1 N–H and O–H groups in total. The Kier molecular flexibility index (Phi) is 4.19. The third-order valence-corrected chi connectivity index (χ3v) is 3.88. The van der Waals surface area contributed by atoms with Crippen LogP contribution in [0.4, 0.5) is 0 Å². The second-order valence-electron chi connectivity index (χ2n) is 5.37. The zero-order chi connectivity index (χ0) is 14.0. The molecule has 2 unspecified atom stereocenters. The van der Waals surface area contributed by atoms with Crippen LogP contribution in [0.2, 0.25) is 0 Å². The van der Waals surface area contributed by atoms with E-state index in [0.29, 0.717) is 5.92 Å². The van der Waals surface area contributed by atoms with E-state index in [0.717, 1.165) is 12.8 Å². The average Bonchev–Trinajstić information content (AvgIpc) is 2.81. The number of carboxylic acids is 1. The molecule has 1 aliphatic carbocycles. The van der Waals surface area contributed by atoms with Gasteiger partial charge in [0.2, 0.25) is 11.8 Å². The summed E-state index contributed by atoms with van der Waals surface area (Å²) in [4.78, 5) is 35.7. The number of hydrogen-bond donors (Lipinski definition) is 1. The van der Waals surface area contributed by atoms with Gasteiger partial charge < -0.3 is 9.84 Å². The zero-order valence-corrected chi connectivity index (χ0v) is 11.0. The van der Waals surface area contributed by atoms with E-state index in [2.05, 4.69) is 6.92 Å². The van der Waals surface area contributed by atoms with E-state index < -0.39 is 5.97 Å². The Morgan fingerprint density at radius 2 is 1.84 bits per heavy atom. The van der Waals surface area contributed by atoms with Gasteiger partial charge in [0.15, 0.2) is 0 Å². The van der Waals surface area contributed by atoms with Gasteiger partial charge in [0, 0.05) is 0 Å². The number of aliphatic carboxylic acids is 1. The molecule has 6 nitrogen and oxygen atoms in total. The Morgan fingerprint density at radius 1 is 1.26 bits per heavy atom. The number of carboxylic acid groups (broad SMARTS) is 1. The monoisotopic (exact) mass is 269 g/mol. The van der Waals surface area contributed by atoms with E-state index in [1.54, 1.807) is 0 Å². The van der Waals surface area contributed by atoms with Crippen LogP contribution in [0.15, 0.2) is 0 Å². The van der Waals surface area contributed by atoms with Crippen LogP contribution < -0.4 is 0 Å². The van der Waals surface area contributed by atoms with Gasteiger partial charge in [-0.3, -0.25) is 19.3 Å². The molecule has 0 bridgehead atoms. The fraction of sp³-hybridized carbons (Fsp3) is 0.769. The van der Waals surface area contributed by atoms with Crippen LogP contribution in [-0.4, -0.2) is 47.5 Å². The number of fused-ring (bicyclic) bond motifs is 1. The largest absolute Gasteiger partial charge is 0.481 e. The maximum Gasteiger partial charge on any atom is 0.305 e. The molecule has 0 spiro atoms. The highest BCUT2D eigenvalue weighted by molar-refractivity contribution is 6.05. The molecule has 2 amide bonds. The van der Waals surface area contributed by atoms with E-state index >= 15 is 0 Å². The van der Waals surface area contributed by atoms with Crippen molar-refractivity contribution in [2.45, 2.75) is 26.2 Å². The van der Waals surface area contributed by atoms with Crippen LogP contribution in [0.3, 0.4) is 0 Å². The van der Waals surface area contributed by atoms with Crippen molar-refractivity contribution in [3.8, 4) is 0 Å². The lowest BCUT2D eigenvalue weighted by molar-refractivity contribution is -0.143. The number of likely N-dealkylation sites (tertiary alicyclic amines) is 1. The molecule has 6 heteroatoms. The van der Waals surface area contributed by atoms with Gasteiger partial charge in [-0.2, -0.15) is 0 Å². The molecular formula is C13H19NO5. The lowest BCUT2D eigenvalue weighted by atomic mass is 10.00. The zero-order valence-electron chi connectivity index (χ0n) is 11.0. The maximum atomic E-state index is 12.1. The second kappa shape index (κ2) is 5.69. The molecule has 1 heterocycles. The molecule has 2 fully saturated rings. The third-order valence-electron chi connectivity index (χ3n) is 3.88. The molecule has 1 aliphatic heterocycles. The van der Waals surface area contributed by atoms with E-state index in [1.807, 2.05) is 0 Å². The standard InChI is InChI=1S/C13H19NO5/c1-8-6-9-10(7-8)13(18)14(12(9)17)3-5-19-4-2-11(15)16/h8-10H,2-7H2,1H3,(H,15,16). The highest BCUT2D eigenvalue weighted by Gasteiger charge is 2.51. The van der Waals surface area contributed by atoms with Crippen LogP contribution in [0.1, 0.15) is 26.2 Å². The van der Waals surface area contributed by atoms with Gasteiger partial charge in [-0.1, -0.05) is 6.92 Å². The van der Waals surface area contributed by atoms with Crippen LogP contribution in [0, 0.1) is 17.8 Å². The van der Waals surface area contributed by atoms with Gasteiger partial charge in [0.05, 0.1) is 38.0 Å². The molecular weight excluding hydrogens is 250 g/mol. The van der Waals surface area contributed by atoms with Crippen molar-refractivity contribution in [2.75, 3.05) is 19.8 Å². The summed E-state index contributed by atoms with van der Waals surface area (Å²) in [6.45, 7) is 2.62. The van der Waals surface area contributed by atoms with E-state index in [4.69, 9.17) is 9.84 Å². The summed E-state index contributed by atoms with van der Waals surface area (Å²) in [6.07, 6.45) is 1.53. The van der Waals surface area contributed by atoms with Crippen molar-refractivity contribution in [1.82, 2.24) is 4.90 Å². The van der Waals surface area contributed by atoms with Crippen molar-refractivity contribution >= 4 is 17.8 Å². The Balaban J connectivity index is 1.78. The maximum absolute atomic E-state index is 12.1. The molecule has 2 rings (SSSR count). The Labute approximate surface area is 111 Å². The SMILES string of the molecule is CC1CC2C(=O)N(CCOCCC(=O)O)C(=O)C2C1. The summed E-state index contributed by atoms with van der Waals surface area (Å²) in [5, 5.41) is 8.44. The van der Waals surface area contributed by atoms with Crippen molar-refractivity contribution in [1.29, 1.82) is 0 Å². The first-order chi connectivity index (χ1) is 9.00. The van der Waals surface area contributed by atoms with Crippen molar-refractivity contribution < 1.29 is 24.2 Å². The van der Waals surface area contributed by atoms with Gasteiger partial charge in [0.1, 0.15) is 0 Å². The summed E-state index contributed by atoms with van der Waals surface area (Å²) in [5.41, 5.74) is 0. The normalized spacial score (nSPS) is 29.9. The smallest absolute Gasteiger partial charge is 0.305 e. The molecule has 19 heavy (non-hydrogen) atoms. The molecule has 2 aliphatic rings. The van der Waals surface area contributed by atoms with Crippen LogP contribution in [-0.2, 0) is 19.1 Å². The van der Waals surface area contributed by atoms with Crippen LogP contribution in [0.25, 0.3) is 0 Å². The lowest BCUT2D eigenvalue weighted by Crippen LogP contribution is -2.35. The third kappa shape index (κ3) is 2.94. The molecule has 0 radical (unpaired) electrons. The first-order valence-electron chi connectivity index (χ1n) is 6.65. The van der Waals surface area contributed by atoms with Crippen molar-refractivity contribution in [2.24, 2.45) is 17.8 Å². The molecule has 2 atom stereocenters. The Morgan fingerprint density at radius 3 is 2.37 bits per heavy atom. The highest BCUT2D eigenvalue weighted by Crippen LogP contribution is 2.42. The number of carbonyl (C=O) groups is 3. The van der Waals surface area contributed by atoms with Crippen LogP contribution >= 0.6 is 0 Å². The number of amides is 2. The molecule has 0 aromatic carbocycles. The minimum absolute atomic E-state index is 0.0648. The minimum Gasteiger partial charge on any atom is -0.481 e. The predicted molar refractivity (Wildman–Crippen MR) is 65.2 cm³/mol. The fourth-order valence-electron chi connectivity index (χ4n) is 2.98. The quantitative estimate of drug-likeness (QED) is 0.561. The number of ether oxygens (including phenoxy) is 1. The first-order valence-corrected chi connectivity index (χ1v) is 6.65. The predicted octanol–water partition coefficient (Wildman–Crippen LogP) is 0.509. The summed E-state index contributed by atoms with van der Waals surface area (Å²) >= 11 is 0. The first kappa shape index (κ1) is 14.0. The van der Waals surface area contributed by atoms with Gasteiger partial charge in [0.25, 0.3) is 0 Å². The summed E-state index contributed by atoms with van der Waals surface area (Å²) in [6, 6.07) is 0. The fourth-order valence-corrected chi connectivity index (χ4v) is 2.98. The number of hydrogen-bond acceptors (Lipinski definition) is 4. The number of imide groups is 1.